The van der Waals surface area contributed by atoms with Crippen LogP contribution in [0.15, 0.2) is 61.2 Å². The monoisotopic (exact) mass is 358 g/mol. The minimum absolute atomic E-state index is 0.0919. The average Bonchev–Trinajstić information content (AvgIpc) is 3.30. The lowest BCUT2D eigenvalue weighted by Gasteiger charge is -2.06. The first kappa shape index (κ1) is 17.1. The van der Waals surface area contributed by atoms with Gasteiger partial charge in [0.2, 0.25) is 0 Å². The number of carbonyl (C=O) groups is 1. The van der Waals surface area contributed by atoms with E-state index < -0.39 is 0 Å². The van der Waals surface area contributed by atoms with E-state index in [1.807, 2.05) is 29.0 Å². The molecule has 136 valence electrons. The van der Waals surface area contributed by atoms with E-state index in [2.05, 4.69) is 53.4 Å². The number of aromatic amines is 1. The van der Waals surface area contributed by atoms with E-state index in [-0.39, 0.29) is 5.91 Å². The molecule has 27 heavy (non-hydrogen) atoms. The Kier molecular flexibility index (Phi) is 4.50. The number of aromatic nitrogens is 3. The van der Waals surface area contributed by atoms with Crippen LogP contribution in [0.5, 0.6) is 0 Å². The van der Waals surface area contributed by atoms with Crippen LogP contribution in [0.2, 0.25) is 0 Å². The number of hydrogen-bond acceptors (Lipinski definition) is 2. The van der Waals surface area contributed by atoms with Gasteiger partial charge in [0.05, 0.1) is 6.33 Å². The normalized spacial score (nSPS) is 11.0. The zero-order valence-electron chi connectivity index (χ0n) is 15.5. The van der Waals surface area contributed by atoms with Gasteiger partial charge >= 0.3 is 0 Å². The molecule has 0 atom stereocenters. The predicted octanol–water partition coefficient (Wildman–Crippen LogP) is 3.96. The van der Waals surface area contributed by atoms with Crippen LogP contribution in [0.3, 0.4) is 0 Å². The molecule has 2 aromatic carbocycles. The Morgan fingerprint density at radius 2 is 1.89 bits per heavy atom. The molecule has 5 heteroatoms. The van der Waals surface area contributed by atoms with Crippen molar-refractivity contribution in [2.75, 3.05) is 0 Å². The maximum absolute atomic E-state index is 12.5. The molecule has 0 aliphatic heterocycles. The number of carbonyl (C=O) groups excluding carboxylic acids is 1. The molecule has 5 nitrogen and oxygen atoms in total. The molecule has 0 radical (unpaired) electrons. The van der Waals surface area contributed by atoms with E-state index in [9.17, 15) is 4.79 Å². The lowest BCUT2D eigenvalue weighted by molar-refractivity contribution is 0.0947. The van der Waals surface area contributed by atoms with E-state index in [0.29, 0.717) is 12.2 Å². The highest BCUT2D eigenvalue weighted by Gasteiger charge is 2.11. The number of aryl methyl sites for hydroxylation is 2. The summed E-state index contributed by atoms with van der Waals surface area (Å²) in [5.74, 6) is -0.0919. The largest absolute Gasteiger partial charge is 0.351 e. The fourth-order valence-corrected chi connectivity index (χ4v) is 3.35. The van der Waals surface area contributed by atoms with Gasteiger partial charge in [0.25, 0.3) is 5.91 Å². The maximum atomic E-state index is 12.5. The first-order valence-electron chi connectivity index (χ1n) is 9.00. The van der Waals surface area contributed by atoms with Crippen molar-refractivity contribution in [3.8, 4) is 0 Å². The molecule has 4 aromatic rings. The molecule has 2 N–H and O–H groups in total. The van der Waals surface area contributed by atoms with E-state index >= 15 is 0 Å². The quantitative estimate of drug-likeness (QED) is 0.567. The Morgan fingerprint density at radius 3 is 2.63 bits per heavy atom. The van der Waals surface area contributed by atoms with Crippen LogP contribution in [0.4, 0.5) is 0 Å². The summed E-state index contributed by atoms with van der Waals surface area (Å²) >= 11 is 0. The second kappa shape index (κ2) is 7.11. The summed E-state index contributed by atoms with van der Waals surface area (Å²) in [6, 6.07) is 14.4. The Balaban J connectivity index is 1.41. The third-order valence-electron chi connectivity index (χ3n) is 4.73. The lowest BCUT2D eigenvalue weighted by atomic mass is 10.1. The van der Waals surface area contributed by atoms with E-state index in [4.69, 9.17) is 0 Å². The molecule has 0 aliphatic rings. The zero-order chi connectivity index (χ0) is 18.8. The summed E-state index contributed by atoms with van der Waals surface area (Å²) in [6.45, 7) is 5.41. The molecular weight excluding hydrogens is 336 g/mol. The SMILES string of the molecule is Cc1cc(C)c2cc(C(=O)NCc3ccc(Cn4ccnc4)cc3)[nH]c2c1. The summed E-state index contributed by atoms with van der Waals surface area (Å²) in [5, 5.41) is 4.08. The summed E-state index contributed by atoms with van der Waals surface area (Å²) < 4.78 is 2.02. The van der Waals surface area contributed by atoms with Gasteiger partial charge in [-0.05, 0) is 48.2 Å². The van der Waals surface area contributed by atoms with Crippen LogP contribution in [0, 0.1) is 13.8 Å². The predicted molar refractivity (Wildman–Crippen MR) is 107 cm³/mol. The number of amides is 1. The number of fused-ring (bicyclic) bond motifs is 1. The summed E-state index contributed by atoms with van der Waals surface area (Å²) in [4.78, 5) is 19.8. The summed E-state index contributed by atoms with van der Waals surface area (Å²) in [7, 11) is 0. The van der Waals surface area contributed by atoms with Gasteiger partial charge in [0.1, 0.15) is 5.69 Å². The van der Waals surface area contributed by atoms with Crippen LogP contribution in [0.1, 0.15) is 32.7 Å². The van der Waals surface area contributed by atoms with Crippen LogP contribution in [0.25, 0.3) is 10.9 Å². The first-order valence-corrected chi connectivity index (χ1v) is 9.00. The van der Waals surface area contributed by atoms with Crippen LogP contribution in [-0.2, 0) is 13.1 Å². The number of imidazole rings is 1. The van der Waals surface area contributed by atoms with Crippen LogP contribution >= 0.6 is 0 Å². The van der Waals surface area contributed by atoms with Crippen molar-refractivity contribution < 1.29 is 4.79 Å². The number of nitrogens with one attached hydrogen (secondary N) is 2. The standard InChI is InChI=1S/C22H22N4O/c1-15-9-16(2)19-11-21(25-20(19)10-15)22(27)24-12-17-3-5-18(6-4-17)13-26-8-7-23-14-26/h3-11,14,25H,12-13H2,1-2H3,(H,24,27). The Bertz CT molecular complexity index is 1080. The van der Waals surface area contributed by atoms with E-state index in [1.165, 1.54) is 16.7 Å². The second-order valence-electron chi connectivity index (χ2n) is 6.96. The Hall–Kier alpha value is -3.34. The van der Waals surface area contributed by atoms with Crippen LogP contribution < -0.4 is 5.32 Å². The second-order valence-corrected chi connectivity index (χ2v) is 6.96. The molecular formula is C22H22N4O. The lowest BCUT2D eigenvalue weighted by Crippen LogP contribution is -2.23. The third kappa shape index (κ3) is 3.77. The van der Waals surface area contributed by atoms with Gasteiger partial charge in [-0.2, -0.15) is 0 Å². The molecule has 0 saturated heterocycles. The highest BCUT2D eigenvalue weighted by atomic mass is 16.1. The fraction of sp³-hybridized carbons (Fsp3) is 0.182. The average molecular weight is 358 g/mol. The van der Waals surface area contributed by atoms with E-state index in [1.54, 1.807) is 12.5 Å². The highest BCUT2D eigenvalue weighted by molar-refractivity contribution is 5.98. The minimum atomic E-state index is -0.0919. The maximum Gasteiger partial charge on any atom is 0.267 e. The summed E-state index contributed by atoms with van der Waals surface area (Å²) in [5.41, 5.74) is 6.22. The van der Waals surface area contributed by atoms with Gasteiger partial charge in [-0.3, -0.25) is 4.79 Å². The third-order valence-corrected chi connectivity index (χ3v) is 4.73. The van der Waals surface area contributed by atoms with Gasteiger partial charge in [0.15, 0.2) is 0 Å². The van der Waals surface area contributed by atoms with Crippen LogP contribution in [-0.4, -0.2) is 20.4 Å². The number of H-pyrrole nitrogens is 1. The number of rotatable bonds is 5. The molecule has 0 fully saturated rings. The van der Waals surface area contributed by atoms with Gasteiger partial charge in [-0.1, -0.05) is 30.3 Å². The van der Waals surface area contributed by atoms with Crippen molar-refractivity contribution in [3.05, 3.63) is 89.1 Å². The molecule has 0 bridgehead atoms. The first-order chi connectivity index (χ1) is 13.1. The Labute approximate surface area is 158 Å². The van der Waals surface area contributed by atoms with Crippen molar-refractivity contribution >= 4 is 16.8 Å². The van der Waals surface area contributed by atoms with Gasteiger partial charge < -0.3 is 14.9 Å². The molecule has 2 heterocycles. The molecule has 1 amide bonds. The molecule has 0 saturated carbocycles. The zero-order valence-corrected chi connectivity index (χ0v) is 15.5. The van der Waals surface area contributed by atoms with Gasteiger partial charge in [-0.25, -0.2) is 4.98 Å². The minimum Gasteiger partial charge on any atom is -0.351 e. The molecule has 2 aromatic heterocycles. The van der Waals surface area contributed by atoms with Gasteiger partial charge in [-0.15, -0.1) is 0 Å². The highest BCUT2D eigenvalue weighted by Crippen LogP contribution is 2.21. The fourth-order valence-electron chi connectivity index (χ4n) is 3.35. The number of hydrogen-bond donors (Lipinski definition) is 2. The van der Waals surface area contributed by atoms with E-state index in [0.717, 1.165) is 23.0 Å². The van der Waals surface area contributed by atoms with Gasteiger partial charge in [0, 0.05) is 36.4 Å². The van der Waals surface area contributed by atoms with Crippen molar-refractivity contribution in [1.82, 2.24) is 19.9 Å². The smallest absolute Gasteiger partial charge is 0.267 e. The molecule has 0 spiro atoms. The Morgan fingerprint density at radius 1 is 1.11 bits per heavy atom. The molecule has 0 unspecified atom stereocenters. The number of benzene rings is 2. The summed E-state index contributed by atoms with van der Waals surface area (Å²) in [6.07, 6.45) is 5.52. The number of nitrogens with zero attached hydrogens (tertiary/aromatic N) is 2. The topological polar surface area (TPSA) is 62.7 Å². The van der Waals surface area contributed by atoms with Crippen molar-refractivity contribution in [2.24, 2.45) is 0 Å². The molecule has 0 aliphatic carbocycles. The molecule has 4 rings (SSSR count). The van der Waals surface area contributed by atoms with Crippen molar-refractivity contribution in [1.29, 1.82) is 0 Å². The van der Waals surface area contributed by atoms with Crippen molar-refractivity contribution in [2.45, 2.75) is 26.9 Å². The van der Waals surface area contributed by atoms with Crippen molar-refractivity contribution in [3.63, 3.8) is 0 Å².